The van der Waals surface area contributed by atoms with Gasteiger partial charge in [-0.2, -0.15) is 0 Å². The molecule has 0 aliphatic carbocycles. The van der Waals surface area contributed by atoms with Gasteiger partial charge in [-0.25, -0.2) is 9.97 Å². The maximum atomic E-state index is 11.9. The van der Waals surface area contributed by atoms with E-state index in [9.17, 15) is 4.79 Å². The molecule has 0 saturated carbocycles. The molecule has 0 spiro atoms. The average Bonchev–Trinajstić information content (AvgIpc) is 2.30. The third-order valence-corrected chi connectivity index (χ3v) is 2.44. The smallest absolute Gasteiger partial charge is 0.169 e. The molecule has 74 valence electrons. The summed E-state index contributed by atoms with van der Waals surface area (Å²) in [5.41, 5.74) is 0.611. The van der Waals surface area contributed by atoms with Gasteiger partial charge in [0.1, 0.15) is 6.33 Å². The number of nitrogens with zero attached hydrogens (tertiary/aromatic N) is 2. The number of ketones is 1. The van der Waals surface area contributed by atoms with Gasteiger partial charge < -0.3 is 4.74 Å². The van der Waals surface area contributed by atoms with E-state index in [1.54, 1.807) is 12.4 Å². The van der Waals surface area contributed by atoms with E-state index in [-0.39, 0.29) is 11.7 Å². The van der Waals surface area contributed by atoms with Crippen LogP contribution in [-0.2, 0) is 4.74 Å². The largest absolute Gasteiger partial charge is 0.381 e. The molecule has 1 aromatic rings. The Hall–Kier alpha value is -1.29. The number of hydrogen-bond donors (Lipinski definition) is 0. The highest BCUT2D eigenvalue weighted by Crippen LogP contribution is 2.19. The lowest BCUT2D eigenvalue weighted by atomic mass is 9.92. The Morgan fingerprint density at radius 1 is 1.29 bits per heavy atom. The molecule has 0 aromatic carbocycles. The van der Waals surface area contributed by atoms with Crippen molar-refractivity contribution in [2.45, 2.75) is 12.8 Å². The van der Waals surface area contributed by atoms with Crippen molar-refractivity contribution in [3.63, 3.8) is 0 Å². The third kappa shape index (κ3) is 1.96. The van der Waals surface area contributed by atoms with Crippen LogP contribution in [-0.4, -0.2) is 29.0 Å². The summed E-state index contributed by atoms with van der Waals surface area (Å²) in [5.74, 6) is 0.239. The Morgan fingerprint density at radius 3 is 2.57 bits per heavy atom. The van der Waals surface area contributed by atoms with Crippen LogP contribution in [0.3, 0.4) is 0 Å². The number of carbonyl (C=O) groups excluding carboxylic acids is 1. The monoisotopic (exact) mass is 192 g/mol. The van der Waals surface area contributed by atoms with Crippen molar-refractivity contribution >= 4 is 5.78 Å². The van der Waals surface area contributed by atoms with Crippen LogP contribution in [0.25, 0.3) is 0 Å². The second kappa shape index (κ2) is 4.28. The SMILES string of the molecule is O=C(c1cncnc1)C1CCOCC1. The normalized spacial score (nSPS) is 18.0. The first-order valence-electron chi connectivity index (χ1n) is 4.75. The van der Waals surface area contributed by atoms with E-state index in [4.69, 9.17) is 4.74 Å². The Bertz CT molecular complexity index is 307. The van der Waals surface area contributed by atoms with Gasteiger partial charge in [0.05, 0.1) is 5.56 Å². The molecule has 1 saturated heterocycles. The zero-order valence-electron chi connectivity index (χ0n) is 7.85. The molecular weight excluding hydrogens is 180 g/mol. The highest BCUT2D eigenvalue weighted by Gasteiger charge is 2.22. The van der Waals surface area contributed by atoms with Gasteiger partial charge in [-0.3, -0.25) is 4.79 Å². The Balaban J connectivity index is 2.07. The van der Waals surface area contributed by atoms with E-state index in [2.05, 4.69) is 9.97 Å². The van der Waals surface area contributed by atoms with Crippen LogP contribution in [0.2, 0.25) is 0 Å². The first-order valence-corrected chi connectivity index (χ1v) is 4.75. The molecule has 4 heteroatoms. The van der Waals surface area contributed by atoms with Gasteiger partial charge in [-0.1, -0.05) is 0 Å². The van der Waals surface area contributed by atoms with Crippen LogP contribution in [0.1, 0.15) is 23.2 Å². The second-order valence-electron chi connectivity index (χ2n) is 3.38. The summed E-state index contributed by atoms with van der Waals surface area (Å²) in [6.45, 7) is 1.37. The van der Waals surface area contributed by atoms with Crippen molar-refractivity contribution in [1.82, 2.24) is 9.97 Å². The Kier molecular flexibility index (Phi) is 2.84. The van der Waals surface area contributed by atoms with Gasteiger partial charge in [0, 0.05) is 31.5 Å². The second-order valence-corrected chi connectivity index (χ2v) is 3.38. The highest BCUT2D eigenvalue weighted by atomic mass is 16.5. The van der Waals surface area contributed by atoms with E-state index in [1.807, 2.05) is 0 Å². The van der Waals surface area contributed by atoms with E-state index in [0.717, 1.165) is 12.8 Å². The molecule has 0 atom stereocenters. The van der Waals surface area contributed by atoms with E-state index < -0.39 is 0 Å². The zero-order valence-corrected chi connectivity index (χ0v) is 7.85. The lowest BCUT2D eigenvalue weighted by Crippen LogP contribution is -2.23. The average molecular weight is 192 g/mol. The molecule has 1 aromatic heterocycles. The van der Waals surface area contributed by atoms with Crippen molar-refractivity contribution < 1.29 is 9.53 Å². The molecule has 4 nitrogen and oxygen atoms in total. The molecule has 1 fully saturated rings. The number of rotatable bonds is 2. The maximum absolute atomic E-state index is 11.9. The summed E-state index contributed by atoms with van der Waals surface area (Å²) >= 11 is 0. The third-order valence-electron chi connectivity index (χ3n) is 2.44. The minimum Gasteiger partial charge on any atom is -0.381 e. The van der Waals surface area contributed by atoms with Gasteiger partial charge in [0.2, 0.25) is 0 Å². The number of ether oxygens (including phenoxy) is 1. The van der Waals surface area contributed by atoms with Gasteiger partial charge in [-0.05, 0) is 12.8 Å². The van der Waals surface area contributed by atoms with Crippen LogP contribution in [0, 0.1) is 5.92 Å². The fourth-order valence-corrected chi connectivity index (χ4v) is 1.62. The van der Waals surface area contributed by atoms with E-state index >= 15 is 0 Å². The maximum Gasteiger partial charge on any atom is 0.169 e. The first kappa shape index (κ1) is 9.27. The van der Waals surface area contributed by atoms with Gasteiger partial charge in [-0.15, -0.1) is 0 Å². The van der Waals surface area contributed by atoms with Gasteiger partial charge in [0.15, 0.2) is 5.78 Å². The van der Waals surface area contributed by atoms with Crippen molar-refractivity contribution in [1.29, 1.82) is 0 Å². The van der Waals surface area contributed by atoms with E-state index in [0.29, 0.717) is 18.8 Å². The molecular formula is C10H12N2O2. The minimum atomic E-state index is 0.0924. The summed E-state index contributed by atoms with van der Waals surface area (Å²) in [4.78, 5) is 19.5. The summed E-state index contributed by atoms with van der Waals surface area (Å²) in [6, 6.07) is 0. The summed E-state index contributed by atoms with van der Waals surface area (Å²) in [7, 11) is 0. The van der Waals surface area contributed by atoms with E-state index in [1.165, 1.54) is 6.33 Å². The Morgan fingerprint density at radius 2 is 1.93 bits per heavy atom. The number of aromatic nitrogens is 2. The fraction of sp³-hybridized carbons (Fsp3) is 0.500. The lowest BCUT2D eigenvalue weighted by molar-refractivity contribution is 0.0544. The summed E-state index contributed by atoms with van der Waals surface area (Å²) < 4.78 is 5.20. The number of hydrogen-bond acceptors (Lipinski definition) is 4. The van der Waals surface area contributed by atoms with Gasteiger partial charge in [0.25, 0.3) is 0 Å². The van der Waals surface area contributed by atoms with Crippen LogP contribution in [0.5, 0.6) is 0 Å². The number of carbonyl (C=O) groups is 1. The molecule has 0 bridgehead atoms. The fourth-order valence-electron chi connectivity index (χ4n) is 1.62. The van der Waals surface area contributed by atoms with Crippen molar-refractivity contribution in [3.8, 4) is 0 Å². The molecule has 0 unspecified atom stereocenters. The molecule has 14 heavy (non-hydrogen) atoms. The standard InChI is InChI=1S/C10H12N2O2/c13-10(8-1-3-14-4-2-8)9-5-11-7-12-6-9/h5-8H,1-4H2. The first-order chi connectivity index (χ1) is 6.88. The number of Topliss-reactive ketones (excluding diaryl/α,β-unsaturated/α-hetero) is 1. The minimum absolute atomic E-state index is 0.0924. The van der Waals surface area contributed by atoms with Gasteiger partial charge >= 0.3 is 0 Å². The van der Waals surface area contributed by atoms with Crippen LogP contribution >= 0.6 is 0 Å². The molecule has 1 aliphatic rings. The predicted octanol–water partition coefficient (Wildman–Crippen LogP) is 1.09. The van der Waals surface area contributed by atoms with Crippen LogP contribution in [0.4, 0.5) is 0 Å². The molecule has 0 radical (unpaired) electrons. The molecule has 2 rings (SSSR count). The zero-order chi connectivity index (χ0) is 9.80. The Labute approximate surface area is 82.3 Å². The molecule has 1 aliphatic heterocycles. The van der Waals surface area contributed by atoms with Crippen molar-refractivity contribution in [3.05, 3.63) is 24.3 Å². The topological polar surface area (TPSA) is 52.1 Å². The molecule has 2 heterocycles. The summed E-state index contributed by atoms with van der Waals surface area (Å²) in [6.07, 6.45) is 6.21. The van der Waals surface area contributed by atoms with Crippen molar-refractivity contribution in [2.75, 3.05) is 13.2 Å². The highest BCUT2D eigenvalue weighted by molar-refractivity contribution is 5.97. The lowest BCUT2D eigenvalue weighted by Gasteiger charge is -2.20. The predicted molar refractivity (Wildman–Crippen MR) is 49.9 cm³/mol. The summed E-state index contributed by atoms with van der Waals surface area (Å²) in [5, 5.41) is 0. The molecule has 0 amide bonds. The molecule has 0 N–H and O–H groups in total. The van der Waals surface area contributed by atoms with Crippen molar-refractivity contribution in [2.24, 2.45) is 5.92 Å². The van der Waals surface area contributed by atoms with Crippen LogP contribution in [0.15, 0.2) is 18.7 Å². The van der Waals surface area contributed by atoms with Crippen LogP contribution < -0.4 is 0 Å². The quantitative estimate of drug-likeness (QED) is 0.658.